The number of hydrogen-bond acceptors (Lipinski definition) is 5. The van der Waals surface area contributed by atoms with E-state index in [2.05, 4.69) is 20.3 Å². The van der Waals surface area contributed by atoms with E-state index < -0.39 is 0 Å². The second kappa shape index (κ2) is 4.00. The van der Waals surface area contributed by atoms with Crippen LogP contribution in [-0.2, 0) is 0 Å². The van der Waals surface area contributed by atoms with Crippen LogP contribution in [0.5, 0.6) is 0 Å². The lowest BCUT2D eigenvalue weighted by Gasteiger charge is -2.01. The summed E-state index contributed by atoms with van der Waals surface area (Å²) in [5.41, 5.74) is -0.373. The van der Waals surface area contributed by atoms with E-state index in [9.17, 15) is 4.79 Å². The third-order valence-electron chi connectivity index (χ3n) is 1.64. The summed E-state index contributed by atoms with van der Waals surface area (Å²) in [5.74, 6) is 0.315. The number of aryl methyl sites for hydroxylation is 1. The predicted octanol–water partition coefficient (Wildman–Crippen LogP) is 1.93. The van der Waals surface area contributed by atoms with E-state index in [0.29, 0.717) is 10.9 Å². The van der Waals surface area contributed by atoms with Crippen molar-refractivity contribution in [3.8, 4) is 0 Å². The van der Waals surface area contributed by atoms with Crippen molar-refractivity contribution >= 4 is 33.9 Å². The number of aromatic amines is 1. The van der Waals surface area contributed by atoms with Crippen LogP contribution in [-0.4, -0.2) is 15.0 Å². The Morgan fingerprint density at radius 1 is 1.53 bits per heavy atom. The van der Waals surface area contributed by atoms with Crippen molar-refractivity contribution in [2.45, 2.75) is 6.92 Å². The normalized spacial score (nSPS) is 10.3. The van der Waals surface area contributed by atoms with Gasteiger partial charge in [0.25, 0.3) is 5.56 Å². The molecule has 0 atom stereocenters. The highest BCUT2D eigenvalue weighted by Gasteiger charge is 2.07. The first kappa shape index (κ1) is 10.1. The van der Waals surface area contributed by atoms with Gasteiger partial charge in [0.15, 0.2) is 10.9 Å². The van der Waals surface area contributed by atoms with E-state index in [1.165, 1.54) is 17.7 Å². The molecule has 0 aliphatic rings. The summed E-state index contributed by atoms with van der Waals surface area (Å²) < 4.78 is 0. The molecule has 2 rings (SSSR count). The van der Waals surface area contributed by atoms with Gasteiger partial charge in [-0.25, -0.2) is 9.97 Å². The van der Waals surface area contributed by atoms with Crippen molar-refractivity contribution in [3.63, 3.8) is 0 Å². The highest BCUT2D eigenvalue weighted by Crippen LogP contribution is 2.22. The van der Waals surface area contributed by atoms with Crippen molar-refractivity contribution in [1.82, 2.24) is 15.0 Å². The SMILES string of the molecule is Cc1cnc(Nc2nc[nH]c(=O)c2Cl)s1. The molecule has 0 bridgehead atoms. The van der Waals surface area contributed by atoms with E-state index in [4.69, 9.17) is 11.6 Å². The van der Waals surface area contributed by atoms with E-state index in [-0.39, 0.29) is 10.6 Å². The summed E-state index contributed by atoms with van der Waals surface area (Å²) in [6, 6.07) is 0. The average Bonchev–Trinajstić information content (AvgIpc) is 2.59. The minimum atomic E-state index is -0.373. The number of thiazole rings is 1. The first-order chi connectivity index (χ1) is 7.16. The topological polar surface area (TPSA) is 70.7 Å². The second-order valence-corrected chi connectivity index (χ2v) is 4.41. The van der Waals surface area contributed by atoms with Gasteiger partial charge in [-0.3, -0.25) is 4.79 Å². The molecule has 0 aliphatic carbocycles. The fourth-order valence-corrected chi connectivity index (χ4v) is 1.80. The molecule has 2 N–H and O–H groups in total. The smallest absolute Gasteiger partial charge is 0.271 e. The molecule has 5 nitrogen and oxygen atoms in total. The lowest BCUT2D eigenvalue weighted by atomic mass is 10.6. The Morgan fingerprint density at radius 3 is 3.00 bits per heavy atom. The molecule has 0 fully saturated rings. The Balaban J connectivity index is 2.32. The van der Waals surface area contributed by atoms with Gasteiger partial charge in [-0.1, -0.05) is 11.6 Å². The van der Waals surface area contributed by atoms with Crippen LogP contribution in [0.3, 0.4) is 0 Å². The van der Waals surface area contributed by atoms with Crippen LogP contribution in [0.15, 0.2) is 17.3 Å². The number of hydrogen-bond donors (Lipinski definition) is 2. The number of halogens is 1. The maximum Gasteiger partial charge on any atom is 0.271 e. The summed E-state index contributed by atoms with van der Waals surface area (Å²) in [7, 11) is 0. The molecule has 0 radical (unpaired) electrons. The van der Waals surface area contributed by atoms with E-state index in [1.807, 2.05) is 6.92 Å². The number of anilines is 2. The minimum absolute atomic E-state index is 0.0327. The lowest BCUT2D eigenvalue weighted by Crippen LogP contribution is -2.09. The van der Waals surface area contributed by atoms with Gasteiger partial charge in [0.2, 0.25) is 0 Å². The van der Waals surface area contributed by atoms with Crippen LogP contribution in [0, 0.1) is 6.92 Å². The second-order valence-electron chi connectivity index (χ2n) is 2.80. The summed E-state index contributed by atoms with van der Waals surface area (Å²) >= 11 is 7.22. The number of nitrogens with one attached hydrogen (secondary N) is 2. The third kappa shape index (κ3) is 2.16. The zero-order valence-corrected chi connectivity index (χ0v) is 9.32. The Hall–Kier alpha value is -1.40. The largest absolute Gasteiger partial charge is 0.315 e. The van der Waals surface area contributed by atoms with Crippen LogP contribution in [0.1, 0.15) is 4.88 Å². The quantitative estimate of drug-likeness (QED) is 0.844. The third-order valence-corrected chi connectivity index (χ3v) is 2.82. The number of nitrogens with zero attached hydrogens (tertiary/aromatic N) is 2. The molecule has 2 aromatic heterocycles. The molecule has 2 heterocycles. The molecular weight excluding hydrogens is 236 g/mol. The highest BCUT2D eigenvalue weighted by atomic mass is 35.5. The summed E-state index contributed by atoms with van der Waals surface area (Å²) in [6.45, 7) is 1.94. The van der Waals surface area contributed by atoms with Crippen molar-refractivity contribution in [1.29, 1.82) is 0 Å². The Labute approximate surface area is 94.2 Å². The maximum absolute atomic E-state index is 11.2. The zero-order valence-electron chi connectivity index (χ0n) is 7.74. The van der Waals surface area contributed by atoms with Crippen LogP contribution in [0.25, 0.3) is 0 Å². The van der Waals surface area contributed by atoms with Gasteiger partial charge in [0, 0.05) is 11.1 Å². The molecule has 0 spiro atoms. The number of aromatic nitrogens is 3. The molecule has 0 aromatic carbocycles. The Kier molecular flexibility index (Phi) is 2.70. The Morgan fingerprint density at radius 2 is 2.33 bits per heavy atom. The number of rotatable bonds is 2. The van der Waals surface area contributed by atoms with Crippen molar-refractivity contribution in [3.05, 3.63) is 32.8 Å². The standard InChI is InChI=1S/C8H7ClN4OS/c1-4-2-10-8(15-4)13-6-5(9)7(14)12-3-11-6/h2-3H,1H3,(H2,10,11,12,13,14). The predicted molar refractivity (Wildman–Crippen MR) is 60.0 cm³/mol. The molecule has 7 heteroatoms. The molecule has 0 saturated carbocycles. The van der Waals surface area contributed by atoms with Crippen LogP contribution in [0.4, 0.5) is 10.9 Å². The van der Waals surface area contributed by atoms with Gasteiger partial charge in [-0.2, -0.15) is 0 Å². The highest BCUT2D eigenvalue weighted by molar-refractivity contribution is 7.15. The molecule has 0 saturated heterocycles. The van der Waals surface area contributed by atoms with E-state index in [0.717, 1.165) is 4.88 Å². The molecular formula is C8H7ClN4OS. The van der Waals surface area contributed by atoms with Gasteiger partial charge in [-0.15, -0.1) is 11.3 Å². The molecule has 0 unspecified atom stereocenters. The van der Waals surface area contributed by atoms with Gasteiger partial charge in [-0.05, 0) is 6.92 Å². The van der Waals surface area contributed by atoms with Gasteiger partial charge >= 0.3 is 0 Å². The maximum atomic E-state index is 11.2. The monoisotopic (exact) mass is 242 g/mol. The molecule has 15 heavy (non-hydrogen) atoms. The lowest BCUT2D eigenvalue weighted by molar-refractivity contribution is 1.12. The summed E-state index contributed by atoms with van der Waals surface area (Å²) in [4.78, 5) is 22.6. The number of H-pyrrole nitrogens is 1. The van der Waals surface area contributed by atoms with Crippen molar-refractivity contribution in [2.24, 2.45) is 0 Å². The first-order valence-corrected chi connectivity index (χ1v) is 5.29. The molecule has 2 aromatic rings. The minimum Gasteiger partial charge on any atom is -0.315 e. The summed E-state index contributed by atoms with van der Waals surface area (Å²) in [5, 5.41) is 3.57. The van der Waals surface area contributed by atoms with Gasteiger partial charge in [0.1, 0.15) is 5.02 Å². The fourth-order valence-electron chi connectivity index (χ4n) is 0.984. The average molecular weight is 243 g/mol. The first-order valence-electron chi connectivity index (χ1n) is 4.09. The van der Waals surface area contributed by atoms with Crippen LogP contribution < -0.4 is 10.9 Å². The van der Waals surface area contributed by atoms with Crippen LogP contribution >= 0.6 is 22.9 Å². The molecule has 0 amide bonds. The van der Waals surface area contributed by atoms with Gasteiger partial charge in [0.05, 0.1) is 6.33 Å². The van der Waals surface area contributed by atoms with Crippen LogP contribution in [0.2, 0.25) is 5.02 Å². The van der Waals surface area contributed by atoms with Gasteiger partial charge < -0.3 is 10.3 Å². The molecule has 0 aliphatic heterocycles. The fraction of sp³-hybridized carbons (Fsp3) is 0.125. The van der Waals surface area contributed by atoms with Crippen molar-refractivity contribution < 1.29 is 0 Å². The van der Waals surface area contributed by atoms with E-state index in [1.54, 1.807) is 6.20 Å². The molecule has 78 valence electrons. The Bertz CT molecular complexity index is 535. The van der Waals surface area contributed by atoms with Crippen molar-refractivity contribution in [2.75, 3.05) is 5.32 Å². The van der Waals surface area contributed by atoms with E-state index >= 15 is 0 Å². The zero-order chi connectivity index (χ0) is 10.8. The summed E-state index contributed by atoms with van der Waals surface area (Å²) in [6.07, 6.45) is 3.02.